The van der Waals surface area contributed by atoms with Crippen molar-refractivity contribution in [2.75, 3.05) is 32.1 Å². The largest absolute Gasteiger partial charge is 0.378 e. The lowest BCUT2D eigenvalue weighted by molar-refractivity contribution is -0.197. The van der Waals surface area contributed by atoms with Gasteiger partial charge < -0.3 is 17.2 Å². The topological polar surface area (TPSA) is 69.9 Å². The molecule has 1 fully saturated rings. The minimum atomic E-state index is -0.537. The third-order valence-corrected chi connectivity index (χ3v) is 7.68. The Morgan fingerprint density at radius 1 is 1.05 bits per heavy atom. The minimum absolute atomic E-state index is 0. The summed E-state index contributed by atoms with van der Waals surface area (Å²) < 4.78 is 2.36. The van der Waals surface area contributed by atoms with Crippen LogP contribution in [-0.4, -0.2) is 50.0 Å². The Bertz CT molecular complexity index is 1370. The lowest BCUT2D eigenvalue weighted by atomic mass is 9.71. The van der Waals surface area contributed by atoms with Crippen LogP contribution in [0.3, 0.4) is 0 Å². The van der Waals surface area contributed by atoms with Crippen LogP contribution in [0.25, 0.3) is 6.08 Å². The van der Waals surface area contributed by atoms with Crippen LogP contribution in [0.4, 0.5) is 5.69 Å². The standard InChI is InChI=1S/C29H34N3O4.CH3/c1-29(2)23-17-22(30(3)4)10-9-19(23)15-21-16-20-7-5-13-31(25(20)18-24(21)29)14-6-8-28(35)36-32-26(33)11-12-27(32)34;/h9-10,15-18H,5-8,11-14H2,1-4H3;1H3/q+1;-1. The van der Waals surface area contributed by atoms with E-state index in [0.29, 0.717) is 18.0 Å². The van der Waals surface area contributed by atoms with Gasteiger partial charge in [-0.3, -0.25) is 9.59 Å². The highest BCUT2D eigenvalue weighted by Crippen LogP contribution is 2.36. The van der Waals surface area contributed by atoms with Crippen molar-refractivity contribution in [2.24, 2.45) is 0 Å². The van der Waals surface area contributed by atoms with E-state index in [9.17, 15) is 14.4 Å². The van der Waals surface area contributed by atoms with Gasteiger partial charge in [0, 0.05) is 62.5 Å². The van der Waals surface area contributed by atoms with E-state index < -0.39 is 17.8 Å². The summed E-state index contributed by atoms with van der Waals surface area (Å²) in [6.07, 6.45) is 5.39. The first-order chi connectivity index (χ1) is 17.1. The normalized spacial score (nSPS) is 17.3. The fourth-order valence-corrected chi connectivity index (χ4v) is 5.64. The molecule has 2 amide bonds. The molecule has 0 unspecified atom stereocenters. The Morgan fingerprint density at radius 3 is 2.49 bits per heavy atom. The number of benzene rings is 2. The highest BCUT2D eigenvalue weighted by Gasteiger charge is 2.33. The predicted molar refractivity (Wildman–Crippen MR) is 144 cm³/mol. The van der Waals surface area contributed by atoms with E-state index in [1.165, 1.54) is 38.5 Å². The Hall–Kier alpha value is -3.48. The van der Waals surface area contributed by atoms with Crippen LogP contribution in [0.5, 0.6) is 0 Å². The van der Waals surface area contributed by atoms with Crippen molar-refractivity contribution in [3.8, 4) is 0 Å². The molecule has 5 rings (SSSR count). The van der Waals surface area contributed by atoms with Gasteiger partial charge in [-0.05, 0) is 52.6 Å². The molecule has 0 saturated carbocycles. The second-order valence-electron chi connectivity index (χ2n) is 10.7. The molecule has 7 heteroatoms. The van der Waals surface area contributed by atoms with Crippen molar-refractivity contribution in [1.29, 1.82) is 0 Å². The Kier molecular flexibility index (Phi) is 7.27. The number of amides is 2. The smallest absolute Gasteiger partial charge is 0.333 e. The number of imide groups is 1. The lowest BCUT2D eigenvalue weighted by Gasteiger charge is -2.33. The number of hydroxylamine groups is 2. The first kappa shape index (κ1) is 26.6. The quantitative estimate of drug-likeness (QED) is 0.344. The summed E-state index contributed by atoms with van der Waals surface area (Å²) in [5.74, 6) is -1.42. The molecular weight excluding hydrogens is 466 g/mol. The number of fused-ring (bicyclic) bond motifs is 3. The van der Waals surface area contributed by atoms with Gasteiger partial charge in [0.2, 0.25) is 5.36 Å². The zero-order chi connectivity index (χ0) is 25.6. The van der Waals surface area contributed by atoms with Crippen molar-refractivity contribution in [1.82, 2.24) is 9.64 Å². The third kappa shape index (κ3) is 4.91. The van der Waals surface area contributed by atoms with Gasteiger partial charge >= 0.3 is 5.97 Å². The molecule has 37 heavy (non-hydrogen) atoms. The summed E-state index contributed by atoms with van der Waals surface area (Å²) in [4.78, 5) is 42.8. The molecule has 2 heterocycles. The molecule has 0 bridgehead atoms. The summed E-state index contributed by atoms with van der Waals surface area (Å²) in [6.45, 7) is 6.25. The fourth-order valence-electron chi connectivity index (χ4n) is 5.64. The van der Waals surface area contributed by atoms with Crippen LogP contribution in [0.2, 0.25) is 0 Å². The van der Waals surface area contributed by atoms with Crippen LogP contribution in [0.1, 0.15) is 68.2 Å². The second kappa shape index (κ2) is 10.1. The summed E-state index contributed by atoms with van der Waals surface area (Å²) in [6, 6.07) is 11.4. The second-order valence-corrected chi connectivity index (χ2v) is 10.7. The fraction of sp³-hybridized carbons (Fsp3) is 0.433. The van der Waals surface area contributed by atoms with Gasteiger partial charge in [0.05, 0.1) is 6.42 Å². The van der Waals surface area contributed by atoms with Crippen LogP contribution in [0.15, 0.2) is 30.3 Å². The molecule has 2 aromatic rings. The Balaban J connectivity index is 0.00000320. The Labute approximate surface area is 219 Å². The van der Waals surface area contributed by atoms with Crippen molar-refractivity contribution < 1.29 is 19.2 Å². The van der Waals surface area contributed by atoms with E-state index in [4.69, 9.17) is 4.84 Å². The number of anilines is 1. The van der Waals surface area contributed by atoms with Gasteiger partial charge in [0.15, 0.2) is 0 Å². The molecule has 1 saturated heterocycles. The van der Waals surface area contributed by atoms with Crippen molar-refractivity contribution in [3.05, 3.63) is 70.6 Å². The summed E-state index contributed by atoms with van der Waals surface area (Å²) in [5, 5.41) is 3.16. The van der Waals surface area contributed by atoms with E-state index >= 15 is 0 Å². The van der Waals surface area contributed by atoms with Gasteiger partial charge in [0.1, 0.15) is 13.1 Å². The van der Waals surface area contributed by atoms with Crippen molar-refractivity contribution in [2.45, 2.75) is 57.8 Å². The maximum absolute atomic E-state index is 12.3. The van der Waals surface area contributed by atoms with E-state index in [2.05, 4.69) is 73.8 Å². The first-order valence-electron chi connectivity index (χ1n) is 12.8. The molecular formula is C30H37N3O4. The van der Waals surface area contributed by atoms with Crippen LogP contribution >= 0.6 is 0 Å². The summed E-state index contributed by atoms with van der Waals surface area (Å²) >= 11 is 0. The first-order valence-corrected chi connectivity index (χ1v) is 12.8. The monoisotopic (exact) mass is 503 g/mol. The number of carbonyl (C=O) groups excluding carboxylic acids is 3. The zero-order valence-corrected chi connectivity index (χ0v) is 22.6. The number of rotatable bonds is 6. The van der Waals surface area contributed by atoms with E-state index in [-0.39, 0.29) is 32.1 Å². The molecule has 2 aromatic carbocycles. The molecule has 0 spiro atoms. The molecule has 0 N–H and O–H groups in total. The molecule has 0 atom stereocenters. The zero-order valence-electron chi connectivity index (χ0n) is 22.6. The van der Waals surface area contributed by atoms with Crippen molar-refractivity contribution >= 4 is 29.5 Å². The van der Waals surface area contributed by atoms with Crippen LogP contribution < -0.4 is 20.1 Å². The maximum Gasteiger partial charge on any atom is 0.333 e. The van der Waals surface area contributed by atoms with Gasteiger partial charge in [-0.15, -0.1) is 5.06 Å². The van der Waals surface area contributed by atoms with E-state index in [1.807, 2.05) is 0 Å². The van der Waals surface area contributed by atoms with Gasteiger partial charge in [-0.25, -0.2) is 9.37 Å². The third-order valence-electron chi connectivity index (χ3n) is 7.68. The molecule has 2 aliphatic heterocycles. The highest BCUT2D eigenvalue weighted by atomic mass is 16.7. The lowest BCUT2D eigenvalue weighted by Crippen LogP contribution is -2.42. The number of hydrogen-bond donors (Lipinski definition) is 0. The molecule has 7 nitrogen and oxygen atoms in total. The number of nitrogens with zero attached hydrogens (tertiary/aromatic N) is 3. The average Bonchev–Trinajstić information content (AvgIpc) is 3.15. The van der Waals surface area contributed by atoms with E-state index in [0.717, 1.165) is 19.4 Å². The number of hydrogen-bond acceptors (Lipinski definition) is 5. The van der Waals surface area contributed by atoms with Gasteiger partial charge in [0.25, 0.3) is 11.8 Å². The Morgan fingerprint density at radius 2 is 1.78 bits per heavy atom. The molecule has 196 valence electrons. The predicted octanol–water partition coefficient (Wildman–Crippen LogP) is 2.50. The summed E-state index contributed by atoms with van der Waals surface area (Å²) in [7, 11) is 4.14. The molecule has 3 aliphatic rings. The maximum atomic E-state index is 12.3. The van der Waals surface area contributed by atoms with Crippen molar-refractivity contribution in [3.63, 3.8) is 0 Å². The van der Waals surface area contributed by atoms with E-state index in [1.54, 1.807) is 0 Å². The SMILES string of the molecule is CN(C)c1ccc2c(c1)C(C)(C)c1cc3c(cc1=C2)CCC[N+]=3CCCC(=O)ON1C(=O)CCC1=O.[CH3-]. The number of aryl methyl sites for hydroxylation is 1. The van der Waals surface area contributed by atoms with Crippen LogP contribution in [0, 0.1) is 7.43 Å². The van der Waals surface area contributed by atoms with Crippen LogP contribution in [-0.2, 0) is 31.1 Å². The highest BCUT2D eigenvalue weighted by molar-refractivity contribution is 6.01. The molecule has 1 aliphatic carbocycles. The summed E-state index contributed by atoms with van der Waals surface area (Å²) in [5.41, 5.74) is 6.33. The minimum Gasteiger partial charge on any atom is -0.378 e. The van der Waals surface area contributed by atoms with Gasteiger partial charge in [-0.1, -0.05) is 19.9 Å². The molecule has 0 aromatic heterocycles. The molecule has 0 radical (unpaired) electrons. The van der Waals surface area contributed by atoms with Gasteiger partial charge in [-0.2, -0.15) is 0 Å². The number of carbonyl (C=O) groups is 3. The average molecular weight is 504 g/mol.